The number of amides is 2. The number of hydrogen-bond acceptors (Lipinski definition) is 2. The fourth-order valence-electron chi connectivity index (χ4n) is 3.34. The number of nitrogens with one attached hydrogen (secondary N) is 1. The van der Waals surface area contributed by atoms with E-state index in [1.165, 1.54) is 17.7 Å². The van der Waals surface area contributed by atoms with E-state index >= 15 is 0 Å². The summed E-state index contributed by atoms with van der Waals surface area (Å²) in [6.45, 7) is 12.3. The molecule has 2 aromatic carbocycles. The fourth-order valence-corrected chi connectivity index (χ4v) is 3.34. The van der Waals surface area contributed by atoms with Crippen LogP contribution in [0.15, 0.2) is 48.5 Å². The molecule has 0 aliphatic heterocycles. The fraction of sp³-hybridized carbons (Fsp3) is 0.462. The summed E-state index contributed by atoms with van der Waals surface area (Å²) in [6, 6.07) is 13.7. The Kier molecular flexibility index (Phi) is 8.37. The Labute approximate surface area is 185 Å². The number of carbonyl (C=O) groups is 2. The lowest BCUT2D eigenvalue weighted by Gasteiger charge is -2.29. The van der Waals surface area contributed by atoms with Crippen molar-refractivity contribution in [1.29, 1.82) is 0 Å². The molecule has 0 spiro atoms. The highest BCUT2D eigenvalue weighted by molar-refractivity contribution is 5.87. The zero-order valence-corrected chi connectivity index (χ0v) is 19.5. The molecule has 1 atom stereocenters. The zero-order valence-electron chi connectivity index (χ0n) is 19.5. The first-order chi connectivity index (χ1) is 14.5. The Morgan fingerprint density at radius 1 is 0.935 bits per heavy atom. The van der Waals surface area contributed by atoms with Crippen LogP contribution in [0.3, 0.4) is 0 Å². The second kappa shape index (κ2) is 10.6. The molecule has 168 valence electrons. The number of nitrogens with zero attached hydrogens (tertiary/aromatic N) is 1. The van der Waals surface area contributed by atoms with E-state index in [-0.39, 0.29) is 35.6 Å². The maximum atomic E-state index is 13.3. The van der Waals surface area contributed by atoms with Gasteiger partial charge in [0.2, 0.25) is 11.8 Å². The molecule has 1 N–H and O–H groups in total. The molecule has 0 heterocycles. The average Bonchev–Trinajstić information content (AvgIpc) is 2.70. The molecule has 0 aliphatic carbocycles. The summed E-state index contributed by atoms with van der Waals surface area (Å²) in [7, 11) is 0. The Morgan fingerprint density at radius 2 is 1.48 bits per heavy atom. The minimum absolute atomic E-state index is 0.0148. The predicted octanol–water partition coefficient (Wildman–Crippen LogP) is 5.00. The first-order valence-corrected chi connectivity index (χ1v) is 10.9. The molecular weight excluding hydrogens is 391 g/mol. The number of halogens is 1. The van der Waals surface area contributed by atoms with Crippen LogP contribution >= 0.6 is 0 Å². The van der Waals surface area contributed by atoms with Crippen LogP contribution in [0.1, 0.15) is 64.7 Å². The van der Waals surface area contributed by atoms with Gasteiger partial charge in [0, 0.05) is 19.0 Å². The van der Waals surface area contributed by atoms with Crippen molar-refractivity contribution < 1.29 is 14.0 Å². The van der Waals surface area contributed by atoms with Crippen LogP contribution in [0.2, 0.25) is 0 Å². The predicted molar refractivity (Wildman–Crippen MR) is 123 cm³/mol. The average molecular weight is 427 g/mol. The van der Waals surface area contributed by atoms with Gasteiger partial charge in [-0.2, -0.15) is 0 Å². The van der Waals surface area contributed by atoms with Crippen LogP contribution in [0.25, 0.3) is 0 Å². The van der Waals surface area contributed by atoms with Gasteiger partial charge in [0.05, 0.1) is 0 Å². The van der Waals surface area contributed by atoms with Crippen molar-refractivity contribution in [3.05, 3.63) is 71.0 Å². The van der Waals surface area contributed by atoms with Crippen LogP contribution < -0.4 is 5.32 Å². The Bertz CT molecular complexity index is 868. The normalized spacial score (nSPS) is 12.5. The molecule has 0 saturated carbocycles. The molecule has 0 fully saturated rings. The minimum Gasteiger partial charge on any atom is -0.352 e. The van der Waals surface area contributed by atoms with Gasteiger partial charge in [-0.3, -0.25) is 9.59 Å². The third-order valence-corrected chi connectivity index (χ3v) is 5.31. The molecule has 0 aliphatic rings. The molecule has 31 heavy (non-hydrogen) atoms. The first-order valence-electron chi connectivity index (χ1n) is 10.9. The van der Waals surface area contributed by atoms with Gasteiger partial charge >= 0.3 is 0 Å². The van der Waals surface area contributed by atoms with E-state index in [9.17, 15) is 14.0 Å². The summed E-state index contributed by atoms with van der Waals surface area (Å²) in [4.78, 5) is 27.3. The van der Waals surface area contributed by atoms with Gasteiger partial charge in [0.1, 0.15) is 11.9 Å². The summed E-state index contributed by atoms with van der Waals surface area (Å²) in [5, 5.41) is 2.87. The molecule has 4 nitrogen and oxygen atoms in total. The van der Waals surface area contributed by atoms with Gasteiger partial charge in [-0.1, -0.05) is 57.2 Å². The molecule has 2 amide bonds. The second-order valence-corrected chi connectivity index (χ2v) is 9.43. The van der Waals surface area contributed by atoms with Gasteiger partial charge in [0.15, 0.2) is 0 Å². The molecule has 5 heteroatoms. The van der Waals surface area contributed by atoms with Crippen LogP contribution in [0, 0.1) is 5.82 Å². The van der Waals surface area contributed by atoms with Crippen LogP contribution in [0.5, 0.6) is 0 Å². The highest BCUT2D eigenvalue weighted by Crippen LogP contribution is 2.22. The van der Waals surface area contributed by atoms with Crippen LogP contribution in [-0.2, 0) is 28.0 Å². The van der Waals surface area contributed by atoms with Crippen molar-refractivity contribution in [1.82, 2.24) is 10.2 Å². The maximum absolute atomic E-state index is 13.3. The minimum atomic E-state index is -0.622. The quantitative estimate of drug-likeness (QED) is 0.646. The molecule has 0 radical (unpaired) electrons. The van der Waals surface area contributed by atoms with E-state index in [4.69, 9.17) is 0 Å². The summed E-state index contributed by atoms with van der Waals surface area (Å²) < 4.78 is 13.3. The van der Waals surface area contributed by atoms with E-state index in [1.54, 1.807) is 24.0 Å². The second-order valence-electron chi connectivity index (χ2n) is 9.43. The summed E-state index contributed by atoms with van der Waals surface area (Å²) >= 11 is 0. The molecule has 0 bridgehead atoms. The molecule has 0 aromatic heterocycles. The van der Waals surface area contributed by atoms with Crippen molar-refractivity contribution >= 4 is 11.8 Å². The largest absolute Gasteiger partial charge is 0.352 e. The van der Waals surface area contributed by atoms with E-state index in [1.807, 2.05) is 13.8 Å². The van der Waals surface area contributed by atoms with Crippen molar-refractivity contribution in [2.45, 2.75) is 78.4 Å². The highest BCUT2D eigenvalue weighted by Gasteiger charge is 2.26. The van der Waals surface area contributed by atoms with Crippen molar-refractivity contribution in [3.8, 4) is 0 Å². The lowest BCUT2D eigenvalue weighted by Crippen LogP contribution is -2.49. The first kappa shape index (κ1) is 24.6. The highest BCUT2D eigenvalue weighted by atomic mass is 19.1. The Balaban J connectivity index is 2.12. The lowest BCUT2D eigenvalue weighted by molar-refractivity contribution is -0.140. The SMILES string of the molecule is CC(C)NC(=O)[C@@H](C)N(Cc1ccc(F)cc1)C(=O)CCc1ccc(C(C)(C)C)cc1. The number of hydrogen-bond donors (Lipinski definition) is 1. The van der Waals surface area contributed by atoms with Crippen LogP contribution in [0.4, 0.5) is 4.39 Å². The zero-order chi connectivity index (χ0) is 23.2. The Morgan fingerprint density at radius 3 is 2.00 bits per heavy atom. The van der Waals surface area contributed by atoms with Crippen LogP contribution in [-0.4, -0.2) is 28.8 Å². The van der Waals surface area contributed by atoms with Crippen molar-refractivity contribution in [2.75, 3.05) is 0 Å². The number of carbonyl (C=O) groups excluding carboxylic acids is 2. The standard InChI is InChI=1S/C26H35FN2O2/c1-18(2)28-25(31)19(3)29(17-21-9-14-23(27)15-10-21)24(30)16-11-20-7-12-22(13-8-20)26(4,5)6/h7-10,12-15,18-19H,11,16-17H2,1-6H3,(H,28,31)/t19-/m1/s1. The summed E-state index contributed by atoms with van der Waals surface area (Å²) in [6.07, 6.45) is 0.900. The van der Waals surface area contributed by atoms with Gasteiger partial charge in [-0.15, -0.1) is 0 Å². The number of rotatable bonds is 8. The third-order valence-electron chi connectivity index (χ3n) is 5.31. The monoisotopic (exact) mass is 426 g/mol. The van der Waals surface area contributed by atoms with Gasteiger partial charge in [-0.05, 0) is 61.4 Å². The van der Waals surface area contributed by atoms with E-state index in [0.29, 0.717) is 12.8 Å². The van der Waals surface area contributed by atoms with Crippen molar-refractivity contribution in [2.24, 2.45) is 0 Å². The van der Waals surface area contributed by atoms with Gasteiger partial charge in [0.25, 0.3) is 0 Å². The molecule has 2 rings (SSSR count). The lowest BCUT2D eigenvalue weighted by atomic mass is 9.86. The Hall–Kier alpha value is -2.69. The smallest absolute Gasteiger partial charge is 0.242 e. The molecule has 2 aromatic rings. The number of aryl methyl sites for hydroxylation is 1. The molecule has 0 saturated heterocycles. The van der Waals surface area contributed by atoms with Gasteiger partial charge < -0.3 is 10.2 Å². The molecule has 0 unspecified atom stereocenters. The maximum Gasteiger partial charge on any atom is 0.242 e. The topological polar surface area (TPSA) is 49.4 Å². The molecular formula is C26H35FN2O2. The third kappa shape index (κ3) is 7.50. The van der Waals surface area contributed by atoms with E-state index in [0.717, 1.165) is 11.1 Å². The number of benzene rings is 2. The summed E-state index contributed by atoms with van der Waals surface area (Å²) in [5.74, 6) is -0.624. The van der Waals surface area contributed by atoms with E-state index in [2.05, 4.69) is 50.4 Å². The van der Waals surface area contributed by atoms with Crippen molar-refractivity contribution in [3.63, 3.8) is 0 Å². The van der Waals surface area contributed by atoms with E-state index < -0.39 is 6.04 Å². The summed E-state index contributed by atoms with van der Waals surface area (Å²) in [5.41, 5.74) is 3.20. The van der Waals surface area contributed by atoms with Gasteiger partial charge in [-0.25, -0.2) is 4.39 Å².